The molecule has 0 aliphatic carbocycles. The number of nitrogens with one attached hydrogen (secondary N) is 1. The second kappa shape index (κ2) is 7.55. The minimum atomic E-state index is -0.236. The van der Waals surface area contributed by atoms with Crippen LogP contribution in [0, 0.1) is 19.8 Å². The third kappa shape index (κ3) is 4.29. The van der Waals surface area contributed by atoms with Crippen LogP contribution in [-0.4, -0.2) is 35.5 Å². The number of para-hydroxylation sites is 1. The molecular formula is C20H24N2O3. The van der Waals surface area contributed by atoms with E-state index >= 15 is 0 Å². The van der Waals surface area contributed by atoms with Gasteiger partial charge in [0.15, 0.2) is 0 Å². The summed E-state index contributed by atoms with van der Waals surface area (Å²) in [5.74, 6) is 1.13. The molecule has 2 aromatic rings. The number of aromatic nitrogens is 1. The highest BCUT2D eigenvalue weighted by atomic mass is 16.5. The molecule has 5 nitrogen and oxygen atoms in total. The molecule has 1 atom stereocenters. The highest BCUT2D eigenvalue weighted by Gasteiger charge is 2.25. The first-order valence-electron chi connectivity index (χ1n) is 8.71. The molecule has 25 heavy (non-hydrogen) atoms. The van der Waals surface area contributed by atoms with Crippen molar-refractivity contribution in [1.29, 1.82) is 0 Å². The van der Waals surface area contributed by atoms with E-state index in [2.05, 4.69) is 4.98 Å². The minimum absolute atomic E-state index is 0.0743. The lowest BCUT2D eigenvalue weighted by Crippen LogP contribution is -2.41. The van der Waals surface area contributed by atoms with E-state index in [1.807, 2.05) is 36.1 Å². The van der Waals surface area contributed by atoms with Crippen molar-refractivity contribution in [2.75, 3.05) is 19.7 Å². The number of carbonyl (C=O) groups is 1. The van der Waals surface area contributed by atoms with Gasteiger partial charge in [0.25, 0.3) is 5.91 Å². The van der Waals surface area contributed by atoms with E-state index < -0.39 is 0 Å². The van der Waals surface area contributed by atoms with Crippen molar-refractivity contribution in [2.45, 2.75) is 26.7 Å². The van der Waals surface area contributed by atoms with Crippen molar-refractivity contribution < 1.29 is 9.53 Å². The number of ether oxygens (including phenoxy) is 1. The monoisotopic (exact) mass is 340 g/mol. The van der Waals surface area contributed by atoms with Crippen LogP contribution in [-0.2, 0) is 0 Å². The molecule has 0 saturated carbocycles. The Labute approximate surface area is 147 Å². The third-order valence-electron chi connectivity index (χ3n) is 4.60. The SMILES string of the molecule is Cc1cc(C(=O)N2CCCC(COc3ccccc3C)C2)cc(=O)[nH]1. The van der Waals surface area contributed by atoms with Gasteiger partial charge in [0, 0.05) is 36.3 Å². The number of aromatic amines is 1. The van der Waals surface area contributed by atoms with Gasteiger partial charge in [-0.25, -0.2) is 0 Å². The summed E-state index contributed by atoms with van der Waals surface area (Å²) in [5, 5.41) is 0. The fourth-order valence-electron chi connectivity index (χ4n) is 3.30. The summed E-state index contributed by atoms with van der Waals surface area (Å²) >= 11 is 0. The van der Waals surface area contributed by atoms with E-state index in [9.17, 15) is 9.59 Å². The molecule has 0 bridgehead atoms. The van der Waals surface area contributed by atoms with Gasteiger partial charge in [-0.3, -0.25) is 9.59 Å². The highest BCUT2D eigenvalue weighted by molar-refractivity contribution is 5.94. The molecular weight excluding hydrogens is 316 g/mol. The van der Waals surface area contributed by atoms with Gasteiger partial charge in [-0.15, -0.1) is 0 Å². The van der Waals surface area contributed by atoms with Gasteiger partial charge in [0.05, 0.1) is 6.61 Å². The van der Waals surface area contributed by atoms with Gasteiger partial charge in [0.2, 0.25) is 5.56 Å². The molecule has 1 unspecified atom stereocenters. The van der Waals surface area contributed by atoms with E-state index in [-0.39, 0.29) is 11.5 Å². The number of carbonyl (C=O) groups excluding carboxylic acids is 1. The van der Waals surface area contributed by atoms with Crippen LogP contribution in [0.15, 0.2) is 41.2 Å². The predicted molar refractivity (Wildman–Crippen MR) is 97.1 cm³/mol. The number of rotatable bonds is 4. The average Bonchev–Trinajstić information content (AvgIpc) is 2.60. The molecule has 0 spiro atoms. The molecule has 2 heterocycles. The van der Waals surface area contributed by atoms with Crippen molar-refractivity contribution in [1.82, 2.24) is 9.88 Å². The second-order valence-corrected chi connectivity index (χ2v) is 6.75. The number of nitrogens with zero attached hydrogens (tertiary/aromatic N) is 1. The second-order valence-electron chi connectivity index (χ2n) is 6.75. The Morgan fingerprint density at radius 3 is 2.84 bits per heavy atom. The van der Waals surface area contributed by atoms with E-state index in [0.717, 1.165) is 30.7 Å². The van der Waals surface area contributed by atoms with Gasteiger partial charge >= 0.3 is 0 Å². The number of aryl methyl sites for hydroxylation is 2. The fourth-order valence-corrected chi connectivity index (χ4v) is 3.30. The zero-order valence-corrected chi connectivity index (χ0v) is 14.7. The first-order chi connectivity index (χ1) is 12.0. The summed E-state index contributed by atoms with van der Waals surface area (Å²) in [6, 6.07) is 11.1. The molecule has 5 heteroatoms. The van der Waals surface area contributed by atoms with Gasteiger partial charge < -0.3 is 14.6 Å². The first kappa shape index (κ1) is 17.3. The summed E-state index contributed by atoms with van der Waals surface area (Å²) in [7, 11) is 0. The van der Waals surface area contributed by atoms with Crippen molar-refractivity contribution in [3.63, 3.8) is 0 Å². The molecule has 1 saturated heterocycles. The van der Waals surface area contributed by atoms with Crippen LogP contribution in [0.4, 0.5) is 0 Å². The lowest BCUT2D eigenvalue weighted by Gasteiger charge is -2.32. The summed E-state index contributed by atoms with van der Waals surface area (Å²) in [6.07, 6.45) is 2.00. The third-order valence-corrected chi connectivity index (χ3v) is 4.60. The Morgan fingerprint density at radius 1 is 1.28 bits per heavy atom. The Kier molecular flexibility index (Phi) is 5.22. The molecule has 1 aliphatic heterocycles. The zero-order chi connectivity index (χ0) is 17.8. The number of piperidine rings is 1. The fraction of sp³-hybridized carbons (Fsp3) is 0.400. The van der Waals surface area contributed by atoms with Crippen molar-refractivity contribution in [3.05, 3.63) is 63.6 Å². The van der Waals surface area contributed by atoms with E-state index in [1.54, 1.807) is 13.0 Å². The lowest BCUT2D eigenvalue weighted by molar-refractivity contribution is 0.0632. The smallest absolute Gasteiger partial charge is 0.254 e. The number of hydrogen-bond donors (Lipinski definition) is 1. The first-order valence-corrected chi connectivity index (χ1v) is 8.71. The Hall–Kier alpha value is -2.56. The maximum Gasteiger partial charge on any atom is 0.254 e. The minimum Gasteiger partial charge on any atom is -0.493 e. The Morgan fingerprint density at radius 2 is 2.08 bits per heavy atom. The summed E-state index contributed by atoms with van der Waals surface area (Å²) in [6.45, 7) is 5.81. The summed E-state index contributed by atoms with van der Waals surface area (Å²) in [5.41, 5.74) is 2.04. The average molecular weight is 340 g/mol. The molecule has 1 aliphatic rings. The van der Waals surface area contributed by atoms with Crippen LogP contribution in [0.5, 0.6) is 5.75 Å². The Balaban J connectivity index is 1.63. The van der Waals surface area contributed by atoms with Crippen LogP contribution in [0.1, 0.15) is 34.5 Å². The number of pyridine rings is 1. The Bertz CT molecular complexity index is 813. The summed E-state index contributed by atoms with van der Waals surface area (Å²) < 4.78 is 5.96. The molecule has 132 valence electrons. The van der Waals surface area contributed by atoms with Crippen LogP contribution < -0.4 is 10.3 Å². The quantitative estimate of drug-likeness (QED) is 0.931. The van der Waals surface area contributed by atoms with Crippen molar-refractivity contribution in [2.24, 2.45) is 5.92 Å². The van der Waals surface area contributed by atoms with E-state index in [1.165, 1.54) is 6.07 Å². The number of hydrogen-bond acceptors (Lipinski definition) is 3. The van der Waals surface area contributed by atoms with Crippen molar-refractivity contribution >= 4 is 5.91 Å². The largest absolute Gasteiger partial charge is 0.493 e. The maximum absolute atomic E-state index is 12.7. The molecule has 1 N–H and O–H groups in total. The van der Waals surface area contributed by atoms with Crippen LogP contribution >= 0.6 is 0 Å². The molecule has 1 amide bonds. The van der Waals surface area contributed by atoms with Crippen LogP contribution in [0.2, 0.25) is 0 Å². The zero-order valence-electron chi connectivity index (χ0n) is 14.7. The van der Waals surface area contributed by atoms with Gasteiger partial charge in [-0.2, -0.15) is 0 Å². The maximum atomic E-state index is 12.7. The van der Waals surface area contributed by atoms with Gasteiger partial charge in [-0.1, -0.05) is 18.2 Å². The van der Waals surface area contributed by atoms with E-state index in [0.29, 0.717) is 30.3 Å². The topological polar surface area (TPSA) is 62.4 Å². The lowest BCUT2D eigenvalue weighted by atomic mass is 9.98. The standard InChI is InChI=1S/C20H24N2O3/c1-14-6-3-4-8-18(14)25-13-16-7-5-9-22(12-16)20(24)17-10-15(2)21-19(23)11-17/h3-4,6,8,10-11,16H,5,7,9,12-13H2,1-2H3,(H,21,23). The number of amides is 1. The van der Waals surface area contributed by atoms with Gasteiger partial charge in [-0.05, 0) is 44.4 Å². The molecule has 3 rings (SSSR count). The van der Waals surface area contributed by atoms with Crippen molar-refractivity contribution in [3.8, 4) is 5.75 Å². The van der Waals surface area contributed by atoms with E-state index in [4.69, 9.17) is 4.74 Å². The highest BCUT2D eigenvalue weighted by Crippen LogP contribution is 2.22. The number of likely N-dealkylation sites (tertiary alicyclic amines) is 1. The summed E-state index contributed by atoms with van der Waals surface area (Å²) in [4.78, 5) is 28.8. The molecule has 1 fully saturated rings. The predicted octanol–water partition coefficient (Wildman–Crippen LogP) is 2.92. The normalized spacial score (nSPS) is 17.4. The molecule has 1 aromatic heterocycles. The van der Waals surface area contributed by atoms with Crippen LogP contribution in [0.25, 0.3) is 0 Å². The molecule has 0 radical (unpaired) electrons. The van der Waals surface area contributed by atoms with Gasteiger partial charge in [0.1, 0.15) is 5.75 Å². The number of H-pyrrole nitrogens is 1. The van der Waals surface area contributed by atoms with Crippen LogP contribution in [0.3, 0.4) is 0 Å². The number of benzene rings is 1. The molecule has 1 aromatic carbocycles.